The van der Waals surface area contributed by atoms with Crippen LogP contribution in [-0.4, -0.2) is 67.8 Å². The molecule has 1 aliphatic carbocycles. The molecule has 1 aromatic carbocycles. The molecule has 1 unspecified atom stereocenters. The third kappa shape index (κ3) is 7.20. The van der Waals surface area contributed by atoms with Crippen LogP contribution in [0.1, 0.15) is 36.2 Å². The van der Waals surface area contributed by atoms with E-state index in [4.69, 9.17) is 14.2 Å². The smallest absolute Gasteiger partial charge is 0.342 e. The standard InChI is InChI=1S/C29H35N3O5/c1-21(2)37-29(34)26-8-5-13-30-27(26)32-16-14-31(15-17-32)19-23-6-4-7-25(18-23)36-20-22-9-11-24(12-10-22)28(33)35-3/h4-11,13,18,21,24H,12,14-17,19-20H2,1-3H3. The van der Waals surface area contributed by atoms with Crippen molar-refractivity contribution in [2.24, 2.45) is 5.92 Å². The molecule has 2 aromatic rings. The van der Waals surface area contributed by atoms with Crippen LogP contribution in [0.4, 0.5) is 5.82 Å². The van der Waals surface area contributed by atoms with Gasteiger partial charge in [0.15, 0.2) is 0 Å². The molecule has 0 spiro atoms. The van der Waals surface area contributed by atoms with Crippen molar-refractivity contribution in [3.8, 4) is 5.75 Å². The fourth-order valence-corrected chi connectivity index (χ4v) is 4.46. The van der Waals surface area contributed by atoms with E-state index in [-0.39, 0.29) is 24.0 Å². The van der Waals surface area contributed by atoms with Crippen LogP contribution in [0.2, 0.25) is 0 Å². The number of carbonyl (C=O) groups is 2. The molecule has 8 heteroatoms. The number of methoxy groups -OCH3 is 1. The Bertz CT molecular complexity index is 1150. The summed E-state index contributed by atoms with van der Waals surface area (Å²) in [5.41, 5.74) is 2.75. The molecule has 0 bridgehead atoms. The summed E-state index contributed by atoms with van der Waals surface area (Å²) in [5.74, 6) is 0.750. The van der Waals surface area contributed by atoms with E-state index >= 15 is 0 Å². The van der Waals surface area contributed by atoms with E-state index in [1.54, 1.807) is 18.3 Å². The Labute approximate surface area is 218 Å². The summed E-state index contributed by atoms with van der Waals surface area (Å²) < 4.78 is 16.2. The Kier molecular flexibility index (Phi) is 8.95. The van der Waals surface area contributed by atoms with Gasteiger partial charge < -0.3 is 19.1 Å². The quantitative estimate of drug-likeness (QED) is 0.473. The van der Waals surface area contributed by atoms with Crippen LogP contribution < -0.4 is 9.64 Å². The molecular formula is C29H35N3O5. The van der Waals surface area contributed by atoms with Crippen LogP contribution in [0, 0.1) is 5.92 Å². The molecule has 0 saturated carbocycles. The molecule has 1 atom stereocenters. The van der Waals surface area contributed by atoms with E-state index < -0.39 is 0 Å². The molecule has 4 rings (SSSR count). The van der Waals surface area contributed by atoms with Gasteiger partial charge in [0, 0.05) is 38.9 Å². The third-order valence-corrected chi connectivity index (χ3v) is 6.41. The van der Waals surface area contributed by atoms with Gasteiger partial charge in [-0.1, -0.05) is 30.4 Å². The number of carbonyl (C=O) groups excluding carboxylic acids is 2. The summed E-state index contributed by atoms with van der Waals surface area (Å²) in [6.07, 6.45) is 8.02. The maximum absolute atomic E-state index is 12.5. The lowest BCUT2D eigenvalue weighted by molar-refractivity contribution is -0.143. The van der Waals surface area contributed by atoms with Gasteiger partial charge in [-0.15, -0.1) is 0 Å². The van der Waals surface area contributed by atoms with Gasteiger partial charge in [0.2, 0.25) is 0 Å². The first-order valence-electron chi connectivity index (χ1n) is 12.7. The highest BCUT2D eigenvalue weighted by Gasteiger charge is 2.24. The van der Waals surface area contributed by atoms with E-state index in [0.29, 0.717) is 24.4 Å². The Balaban J connectivity index is 1.28. The lowest BCUT2D eigenvalue weighted by Gasteiger charge is -2.36. The molecule has 196 valence electrons. The van der Waals surface area contributed by atoms with E-state index in [0.717, 1.165) is 44.0 Å². The fourth-order valence-electron chi connectivity index (χ4n) is 4.46. The van der Waals surface area contributed by atoms with Crippen molar-refractivity contribution in [2.45, 2.75) is 32.9 Å². The zero-order valence-corrected chi connectivity index (χ0v) is 21.8. The highest BCUT2D eigenvalue weighted by atomic mass is 16.5. The first-order chi connectivity index (χ1) is 17.9. The molecule has 37 heavy (non-hydrogen) atoms. The number of allylic oxidation sites excluding steroid dienone is 1. The Morgan fingerprint density at radius 3 is 2.62 bits per heavy atom. The molecule has 1 saturated heterocycles. The van der Waals surface area contributed by atoms with Gasteiger partial charge in [0.05, 0.1) is 19.1 Å². The third-order valence-electron chi connectivity index (χ3n) is 6.41. The van der Waals surface area contributed by atoms with Gasteiger partial charge in [-0.05, 0) is 55.7 Å². The van der Waals surface area contributed by atoms with Crippen LogP contribution >= 0.6 is 0 Å². The van der Waals surface area contributed by atoms with Crippen LogP contribution in [0.25, 0.3) is 0 Å². The van der Waals surface area contributed by atoms with Gasteiger partial charge in [0.1, 0.15) is 23.7 Å². The lowest BCUT2D eigenvalue weighted by atomic mass is 9.97. The second-order valence-electron chi connectivity index (χ2n) is 9.53. The van der Waals surface area contributed by atoms with Crippen molar-refractivity contribution in [1.82, 2.24) is 9.88 Å². The number of nitrogens with zero attached hydrogens (tertiary/aromatic N) is 3. The van der Waals surface area contributed by atoms with Crippen LogP contribution in [-0.2, 0) is 20.8 Å². The summed E-state index contributed by atoms with van der Waals surface area (Å²) in [4.78, 5) is 33.2. The van der Waals surface area contributed by atoms with Gasteiger partial charge in [-0.3, -0.25) is 9.69 Å². The van der Waals surface area contributed by atoms with Crippen molar-refractivity contribution in [3.63, 3.8) is 0 Å². The SMILES string of the molecule is COC(=O)C1C=CC(COc2cccc(CN3CCN(c4ncccc4C(=O)OC(C)C)CC3)c2)=CC1. The number of rotatable bonds is 9. The molecule has 1 fully saturated rings. The monoisotopic (exact) mass is 505 g/mol. The molecule has 1 aliphatic heterocycles. The predicted molar refractivity (Wildman–Crippen MR) is 142 cm³/mol. The maximum Gasteiger partial charge on any atom is 0.342 e. The van der Waals surface area contributed by atoms with Crippen molar-refractivity contribution in [1.29, 1.82) is 0 Å². The normalized spacial score (nSPS) is 17.9. The number of pyridine rings is 1. The summed E-state index contributed by atoms with van der Waals surface area (Å²) in [7, 11) is 1.41. The van der Waals surface area contributed by atoms with Crippen molar-refractivity contribution < 1.29 is 23.8 Å². The Hall–Kier alpha value is -3.65. The van der Waals surface area contributed by atoms with E-state index in [2.05, 4.69) is 26.9 Å². The first-order valence-corrected chi connectivity index (χ1v) is 12.7. The summed E-state index contributed by atoms with van der Waals surface area (Å²) in [5, 5.41) is 0. The molecule has 2 heterocycles. The first kappa shape index (κ1) is 26.4. The van der Waals surface area contributed by atoms with Crippen molar-refractivity contribution in [3.05, 3.63) is 77.5 Å². The molecule has 1 aromatic heterocycles. The highest BCUT2D eigenvalue weighted by Crippen LogP contribution is 2.23. The average Bonchev–Trinajstić information content (AvgIpc) is 2.92. The number of piperazine rings is 1. The van der Waals surface area contributed by atoms with E-state index in [1.165, 1.54) is 12.7 Å². The Morgan fingerprint density at radius 1 is 1.11 bits per heavy atom. The zero-order chi connectivity index (χ0) is 26.2. The van der Waals surface area contributed by atoms with Crippen molar-refractivity contribution in [2.75, 3.05) is 44.8 Å². The molecule has 0 amide bonds. The number of benzene rings is 1. The summed E-state index contributed by atoms with van der Waals surface area (Å²) >= 11 is 0. The second-order valence-corrected chi connectivity index (χ2v) is 9.53. The Morgan fingerprint density at radius 2 is 1.92 bits per heavy atom. The van der Waals surface area contributed by atoms with Gasteiger partial charge in [-0.25, -0.2) is 9.78 Å². The van der Waals surface area contributed by atoms with E-state index in [9.17, 15) is 9.59 Å². The maximum atomic E-state index is 12.5. The molecular weight excluding hydrogens is 470 g/mol. The van der Waals surface area contributed by atoms with Gasteiger partial charge >= 0.3 is 11.9 Å². The summed E-state index contributed by atoms with van der Waals surface area (Å²) in [6, 6.07) is 11.7. The van der Waals surface area contributed by atoms with Crippen LogP contribution in [0.3, 0.4) is 0 Å². The lowest BCUT2D eigenvalue weighted by Crippen LogP contribution is -2.46. The number of anilines is 1. The number of aromatic nitrogens is 1. The van der Waals surface area contributed by atoms with Gasteiger partial charge in [-0.2, -0.15) is 0 Å². The summed E-state index contributed by atoms with van der Waals surface area (Å²) in [6.45, 7) is 8.25. The van der Waals surface area contributed by atoms with Gasteiger partial charge in [0.25, 0.3) is 0 Å². The zero-order valence-electron chi connectivity index (χ0n) is 21.8. The molecule has 0 N–H and O–H groups in total. The number of ether oxygens (including phenoxy) is 3. The second kappa shape index (κ2) is 12.5. The molecule has 2 aliphatic rings. The predicted octanol–water partition coefficient (Wildman–Crippen LogP) is 4.02. The van der Waals surface area contributed by atoms with Crippen LogP contribution in [0.5, 0.6) is 5.75 Å². The number of hydrogen-bond donors (Lipinski definition) is 0. The highest BCUT2D eigenvalue weighted by molar-refractivity contribution is 5.94. The molecule has 0 radical (unpaired) electrons. The largest absolute Gasteiger partial charge is 0.489 e. The number of esters is 2. The van der Waals surface area contributed by atoms with Crippen LogP contribution in [0.15, 0.2) is 66.4 Å². The average molecular weight is 506 g/mol. The fraction of sp³-hybridized carbons (Fsp3) is 0.414. The minimum Gasteiger partial charge on any atom is -0.489 e. The minimum absolute atomic E-state index is 0.174. The minimum atomic E-state index is -0.333. The molecule has 8 nitrogen and oxygen atoms in total. The number of hydrogen-bond acceptors (Lipinski definition) is 8. The van der Waals surface area contributed by atoms with Crippen molar-refractivity contribution >= 4 is 17.8 Å². The van der Waals surface area contributed by atoms with E-state index in [1.807, 2.05) is 44.2 Å². The topological polar surface area (TPSA) is 81.2 Å².